The predicted molar refractivity (Wildman–Crippen MR) is 85.0 cm³/mol. The Morgan fingerprint density at radius 3 is 2.70 bits per heavy atom. The first kappa shape index (κ1) is 16.4. The molecule has 2 heterocycles. The number of amides is 2. The molecule has 3 rings (SSSR count). The molecule has 0 radical (unpaired) electrons. The standard InChI is InChI=1S/C15H20F2N4OS/c1-3-20-9-10-8-18-13(23-2)19-12(10)21(14(20)22)11-4-6-15(16,17)7-5-11/h8,11H,3-7,9H2,1-2H3. The van der Waals surface area contributed by atoms with Gasteiger partial charge in [-0.3, -0.25) is 4.90 Å². The number of carbonyl (C=O) groups is 1. The summed E-state index contributed by atoms with van der Waals surface area (Å²) in [5.74, 6) is -2.02. The van der Waals surface area contributed by atoms with Crippen molar-refractivity contribution in [3.8, 4) is 0 Å². The van der Waals surface area contributed by atoms with Crippen molar-refractivity contribution in [1.82, 2.24) is 14.9 Å². The molecule has 1 fully saturated rings. The highest BCUT2D eigenvalue weighted by atomic mass is 32.2. The predicted octanol–water partition coefficient (Wildman–Crippen LogP) is 3.54. The summed E-state index contributed by atoms with van der Waals surface area (Å²) in [5, 5.41) is 0.590. The molecule has 126 valence electrons. The maximum Gasteiger partial charge on any atom is 0.326 e. The molecule has 1 saturated carbocycles. The largest absolute Gasteiger partial charge is 0.326 e. The van der Waals surface area contributed by atoms with E-state index in [4.69, 9.17) is 0 Å². The minimum Gasteiger partial charge on any atom is -0.320 e. The number of nitrogens with zero attached hydrogens (tertiary/aromatic N) is 4. The van der Waals surface area contributed by atoms with Crippen molar-refractivity contribution >= 4 is 23.6 Å². The molecule has 0 saturated heterocycles. The number of carbonyl (C=O) groups excluding carboxylic acids is 1. The molecule has 0 aromatic carbocycles. The maximum absolute atomic E-state index is 13.5. The second kappa shape index (κ2) is 6.22. The SMILES string of the molecule is CCN1Cc2cnc(SC)nc2N(C2CCC(F)(F)CC2)C1=O. The summed E-state index contributed by atoms with van der Waals surface area (Å²) in [7, 11) is 0. The summed E-state index contributed by atoms with van der Waals surface area (Å²) in [5.41, 5.74) is 0.876. The van der Waals surface area contributed by atoms with Gasteiger partial charge in [-0.2, -0.15) is 0 Å². The van der Waals surface area contributed by atoms with Crippen LogP contribution in [0.5, 0.6) is 0 Å². The number of hydrogen-bond donors (Lipinski definition) is 0. The Bertz CT molecular complexity index is 603. The van der Waals surface area contributed by atoms with Crippen LogP contribution in [0.1, 0.15) is 38.2 Å². The highest BCUT2D eigenvalue weighted by molar-refractivity contribution is 7.98. The summed E-state index contributed by atoms with van der Waals surface area (Å²) in [6.07, 6.45) is 3.86. The molecule has 2 amide bonds. The second-order valence-electron chi connectivity index (χ2n) is 5.96. The van der Waals surface area contributed by atoms with Crippen LogP contribution in [-0.2, 0) is 6.54 Å². The van der Waals surface area contributed by atoms with Crippen LogP contribution in [-0.4, -0.2) is 45.7 Å². The van der Waals surface area contributed by atoms with Gasteiger partial charge in [-0.1, -0.05) is 11.8 Å². The first-order valence-electron chi connectivity index (χ1n) is 7.81. The van der Waals surface area contributed by atoms with Crippen LogP contribution in [0, 0.1) is 0 Å². The monoisotopic (exact) mass is 342 g/mol. The molecule has 23 heavy (non-hydrogen) atoms. The Hall–Kier alpha value is -1.44. The van der Waals surface area contributed by atoms with Gasteiger partial charge in [-0.25, -0.2) is 23.5 Å². The average Bonchev–Trinajstić information content (AvgIpc) is 2.54. The molecular weight excluding hydrogens is 322 g/mol. The van der Waals surface area contributed by atoms with E-state index in [0.29, 0.717) is 36.9 Å². The lowest BCUT2D eigenvalue weighted by atomic mass is 9.90. The van der Waals surface area contributed by atoms with Gasteiger partial charge in [-0.05, 0) is 26.0 Å². The van der Waals surface area contributed by atoms with Gasteiger partial charge in [0.25, 0.3) is 0 Å². The van der Waals surface area contributed by atoms with Crippen LogP contribution in [0.4, 0.5) is 19.4 Å². The molecule has 0 atom stereocenters. The lowest BCUT2D eigenvalue weighted by molar-refractivity contribution is -0.0379. The number of aromatic nitrogens is 2. The molecule has 0 unspecified atom stereocenters. The van der Waals surface area contributed by atoms with Crippen molar-refractivity contribution in [2.45, 2.75) is 56.3 Å². The third-order valence-corrected chi connectivity index (χ3v) is 5.06. The van der Waals surface area contributed by atoms with E-state index in [1.165, 1.54) is 11.8 Å². The van der Waals surface area contributed by atoms with Crippen molar-refractivity contribution in [2.75, 3.05) is 17.7 Å². The Balaban J connectivity index is 1.95. The van der Waals surface area contributed by atoms with E-state index in [9.17, 15) is 13.6 Å². The van der Waals surface area contributed by atoms with E-state index in [2.05, 4.69) is 9.97 Å². The zero-order valence-electron chi connectivity index (χ0n) is 13.3. The summed E-state index contributed by atoms with van der Waals surface area (Å²) in [6, 6.07) is -0.360. The van der Waals surface area contributed by atoms with Crippen LogP contribution < -0.4 is 4.90 Å². The van der Waals surface area contributed by atoms with E-state index in [1.807, 2.05) is 13.2 Å². The fourth-order valence-electron chi connectivity index (χ4n) is 3.18. The van der Waals surface area contributed by atoms with Gasteiger partial charge in [0.2, 0.25) is 5.92 Å². The lowest BCUT2D eigenvalue weighted by Crippen LogP contribution is -2.53. The van der Waals surface area contributed by atoms with E-state index in [0.717, 1.165) is 5.56 Å². The van der Waals surface area contributed by atoms with Crippen molar-refractivity contribution < 1.29 is 13.6 Å². The minimum atomic E-state index is -2.61. The van der Waals surface area contributed by atoms with Crippen LogP contribution in [0.2, 0.25) is 0 Å². The van der Waals surface area contributed by atoms with Crippen LogP contribution in [0.25, 0.3) is 0 Å². The van der Waals surface area contributed by atoms with Crippen LogP contribution in [0.15, 0.2) is 11.4 Å². The topological polar surface area (TPSA) is 49.3 Å². The van der Waals surface area contributed by atoms with E-state index in [1.54, 1.807) is 16.0 Å². The fourth-order valence-corrected chi connectivity index (χ4v) is 3.51. The van der Waals surface area contributed by atoms with E-state index in [-0.39, 0.29) is 24.9 Å². The third kappa shape index (κ3) is 3.13. The summed E-state index contributed by atoms with van der Waals surface area (Å²) >= 11 is 1.40. The number of hydrogen-bond acceptors (Lipinski definition) is 4. The van der Waals surface area contributed by atoms with Gasteiger partial charge in [0.05, 0.1) is 6.54 Å². The number of urea groups is 1. The average molecular weight is 342 g/mol. The molecule has 1 aromatic heterocycles. The van der Waals surface area contributed by atoms with Crippen LogP contribution in [0.3, 0.4) is 0 Å². The molecule has 5 nitrogen and oxygen atoms in total. The molecule has 1 aromatic rings. The molecule has 0 bridgehead atoms. The molecule has 1 aliphatic heterocycles. The second-order valence-corrected chi connectivity index (χ2v) is 6.73. The Kier molecular flexibility index (Phi) is 4.44. The molecule has 1 aliphatic carbocycles. The molecule has 2 aliphatic rings. The number of alkyl halides is 2. The minimum absolute atomic E-state index is 0.138. The quantitative estimate of drug-likeness (QED) is 0.623. The number of fused-ring (bicyclic) bond motifs is 1. The van der Waals surface area contributed by atoms with Crippen LogP contribution >= 0.6 is 11.8 Å². The highest BCUT2D eigenvalue weighted by Gasteiger charge is 2.42. The first-order valence-corrected chi connectivity index (χ1v) is 9.03. The number of anilines is 1. The summed E-state index contributed by atoms with van der Waals surface area (Å²) in [4.78, 5) is 24.9. The van der Waals surface area contributed by atoms with Crippen molar-refractivity contribution in [3.63, 3.8) is 0 Å². The van der Waals surface area contributed by atoms with E-state index < -0.39 is 5.92 Å². The highest BCUT2D eigenvalue weighted by Crippen LogP contribution is 2.39. The Morgan fingerprint density at radius 1 is 1.39 bits per heavy atom. The zero-order chi connectivity index (χ0) is 16.6. The normalized spacial score (nSPS) is 21.5. The third-order valence-electron chi connectivity index (χ3n) is 4.50. The first-order chi connectivity index (χ1) is 10.9. The molecule has 0 spiro atoms. The molecular formula is C15H20F2N4OS. The van der Waals surface area contributed by atoms with Crippen molar-refractivity contribution in [2.24, 2.45) is 0 Å². The Labute approximate surface area is 138 Å². The molecule has 0 N–H and O–H groups in total. The number of rotatable bonds is 3. The summed E-state index contributed by atoms with van der Waals surface area (Å²) < 4.78 is 26.9. The van der Waals surface area contributed by atoms with Crippen molar-refractivity contribution in [1.29, 1.82) is 0 Å². The molecule has 8 heteroatoms. The maximum atomic E-state index is 13.5. The summed E-state index contributed by atoms with van der Waals surface area (Å²) in [6.45, 7) is 2.95. The number of halogens is 2. The van der Waals surface area contributed by atoms with E-state index >= 15 is 0 Å². The Morgan fingerprint density at radius 2 is 2.09 bits per heavy atom. The fraction of sp³-hybridized carbons (Fsp3) is 0.667. The van der Waals surface area contributed by atoms with Gasteiger partial charge in [0.1, 0.15) is 5.82 Å². The van der Waals surface area contributed by atoms with Gasteiger partial charge in [0.15, 0.2) is 5.16 Å². The smallest absolute Gasteiger partial charge is 0.320 e. The van der Waals surface area contributed by atoms with Gasteiger partial charge in [-0.15, -0.1) is 0 Å². The zero-order valence-corrected chi connectivity index (χ0v) is 14.1. The van der Waals surface area contributed by atoms with Gasteiger partial charge in [0, 0.05) is 37.2 Å². The lowest BCUT2D eigenvalue weighted by Gasteiger charge is -2.42. The van der Waals surface area contributed by atoms with Gasteiger partial charge < -0.3 is 4.90 Å². The van der Waals surface area contributed by atoms with Crippen molar-refractivity contribution in [3.05, 3.63) is 11.8 Å². The van der Waals surface area contributed by atoms with Gasteiger partial charge >= 0.3 is 6.03 Å². The number of thioether (sulfide) groups is 1.